The van der Waals surface area contributed by atoms with Crippen LogP contribution in [0.4, 0.5) is 0 Å². The van der Waals surface area contributed by atoms with Gasteiger partial charge in [0.05, 0.1) is 17.6 Å². The number of halogens is 1. The van der Waals surface area contributed by atoms with E-state index < -0.39 is 0 Å². The SMILES string of the molecule is Cc1nc2ccccc2n1CC(=O)N(CC(=O)NCc1ccc2c(c1)OCO2)Cc1ccccc1Cl. The van der Waals surface area contributed by atoms with Crippen molar-refractivity contribution in [2.24, 2.45) is 0 Å². The molecule has 2 heterocycles. The Bertz CT molecular complexity index is 1430. The van der Waals surface area contributed by atoms with Crippen molar-refractivity contribution >= 4 is 34.4 Å². The molecule has 4 aromatic rings. The molecule has 1 N–H and O–H groups in total. The van der Waals surface area contributed by atoms with Crippen molar-refractivity contribution < 1.29 is 19.1 Å². The van der Waals surface area contributed by atoms with E-state index in [0.717, 1.165) is 28.0 Å². The summed E-state index contributed by atoms with van der Waals surface area (Å²) in [6.07, 6.45) is 0. The van der Waals surface area contributed by atoms with Crippen LogP contribution in [0.5, 0.6) is 11.5 Å². The van der Waals surface area contributed by atoms with E-state index in [1.165, 1.54) is 4.90 Å². The Morgan fingerprint density at radius 3 is 2.69 bits per heavy atom. The number of aryl methyl sites for hydroxylation is 1. The van der Waals surface area contributed by atoms with Crippen molar-refractivity contribution in [1.29, 1.82) is 0 Å². The monoisotopic (exact) mass is 504 g/mol. The molecule has 1 aromatic heterocycles. The molecule has 0 saturated carbocycles. The Hall–Kier alpha value is -4.04. The van der Waals surface area contributed by atoms with Crippen molar-refractivity contribution in [2.75, 3.05) is 13.3 Å². The van der Waals surface area contributed by atoms with Gasteiger partial charge in [0.15, 0.2) is 11.5 Å². The van der Waals surface area contributed by atoms with Crippen molar-refractivity contribution in [3.8, 4) is 11.5 Å². The first kappa shape index (κ1) is 23.7. The minimum atomic E-state index is -0.278. The van der Waals surface area contributed by atoms with Crippen molar-refractivity contribution in [1.82, 2.24) is 19.8 Å². The maximum absolute atomic E-state index is 13.5. The fourth-order valence-corrected chi connectivity index (χ4v) is 4.37. The van der Waals surface area contributed by atoms with Crippen LogP contribution in [-0.4, -0.2) is 39.6 Å². The quantitative estimate of drug-likeness (QED) is 0.391. The first-order valence-corrected chi connectivity index (χ1v) is 11.9. The van der Waals surface area contributed by atoms with Gasteiger partial charge in [-0.25, -0.2) is 4.98 Å². The molecule has 0 unspecified atom stereocenters. The van der Waals surface area contributed by atoms with Crippen LogP contribution in [0.25, 0.3) is 11.0 Å². The lowest BCUT2D eigenvalue weighted by Crippen LogP contribution is -2.41. The van der Waals surface area contributed by atoms with E-state index in [9.17, 15) is 9.59 Å². The molecule has 0 radical (unpaired) electrons. The number of benzene rings is 3. The summed E-state index contributed by atoms with van der Waals surface area (Å²) < 4.78 is 12.6. The third kappa shape index (κ3) is 5.13. The number of rotatable bonds is 8. The summed E-state index contributed by atoms with van der Waals surface area (Å²) in [7, 11) is 0. The number of hydrogen-bond acceptors (Lipinski definition) is 5. The molecule has 1 aliphatic heterocycles. The van der Waals surface area contributed by atoms with Gasteiger partial charge in [-0.15, -0.1) is 0 Å². The number of carbonyl (C=O) groups is 2. The smallest absolute Gasteiger partial charge is 0.243 e. The topological polar surface area (TPSA) is 85.7 Å². The van der Waals surface area contributed by atoms with Gasteiger partial charge < -0.3 is 24.3 Å². The number of nitrogens with zero attached hydrogens (tertiary/aromatic N) is 3. The van der Waals surface area contributed by atoms with Crippen LogP contribution < -0.4 is 14.8 Å². The maximum Gasteiger partial charge on any atom is 0.243 e. The van der Waals surface area contributed by atoms with Crippen LogP contribution in [0.2, 0.25) is 5.02 Å². The lowest BCUT2D eigenvalue weighted by molar-refractivity contribution is -0.137. The van der Waals surface area contributed by atoms with Crippen LogP contribution in [0, 0.1) is 6.92 Å². The molecule has 0 atom stereocenters. The molecule has 0 aliphatic carbocycles. The van der Waals surface area contributed by atoms with Gasteiger partial charge in [0.1, 0.15) is 12.4 Å². The number of hydrogen-bond donors (Lipinski definition) is 1. The van der Waals surface area contributed by atoms with Gasteiger partial charge in [-0.3, -0.25) is 9.59 Å². The number of carbonyl (C=O) groups excluding carboxylic acids is 2. The largest absolute Gasteiger partial charge is 0.454 e. The zero-order valence-corrected chi connectivity index (χ0v) is 20.5. The summed E-state index contributed by atoms with van der Waals surface area (Å²) in [5.74, 6) is 1.58. The maximum atomic E-state index is 13.5. The van der Waals surface area contributed by atoms with Crippen LogP contribution >= 0.6 is 11.6 Å². The molecule has 9 heteroatoms. The molecular weight excluding hydrogens is 480 g/mol. The van der Waals surface area contributed by atoms with E-state index in [0.29, 0.717) is 23.1 Å². The Balaban J connectivity index is 1.31. The minimum absolute atomic E-state index is 0.0617. The second kappa shape index (κ2) is 10.3. The van der Waals surface area contributed by atoms with Gasteiger partial charge in [0, 0.05) is 18.1 Å². The highest BCUT2D eigenvalue weighted by atomic mass is 35.5. The second-order valence-corrected chi connectivity index (χ2v) is 8.95. The molecule has 0 saturated heterocycles. The molecule has 0 fully saturated rings. The molecule has 2 amide bonds. The van der Waals surface area contributed by atoms with Crippen molar-refractivity contribution in [3.05, 3.63) is 88.7 Å². The average Bonchev–Trinajstić information content (AvgIpc) is 3.47. The average molecular weight is 505 g/mol. The van der Waals surface area contributed by atoms with Gasteiger partial charge in [0.25, 0.3) is 0 Å². The lowest BCUT2D eigenvalue weighted by Gasteiger charge is -2.23. The Morgan fingerprint density at radius 1 is 1.06 bits per heavy atom. The molecule has 1 aliphatic rings. The number of imidazole rings is 1. The number of ether oxygens (including phenoxy) is 2. The molecule has 8 nitrogen and oxygen atoms in total. The summed E-state index contributed by atoms with van der Waals surface area (Å²) in [5, 5.41) is 3.44. The fourth-order valence-electron chi connectivity index (χ4n) is 4.18. The highest BCUT2D eigenvalue weighted by Crippen LogP contribution is 2.32. The normalized spacial score (nSPS) is 12.1. The summed E-state index contributed by atoms with van der Waals surface area (Å²) in [4.78, 5) is 32.5. The Morgan fingerprint density at radius 2 is 1.83 bits per heavy atom. The predicted octanol–water partition coefficient (Wildman–Crippen LogP) is 4.07. The minimum Gasteiger partial charge on any atom is -0.454 e. The molecule has 36 heavy (non-hydrogen) atoms. The van der Waals surface area contributed by atoms with Crippen LogP contribution in [0.3, 0.4) is 0 Å². The molecule has 184 valence electrons. The van der Waals surface area contributed by atoms with Crippen LogP contribution in [0.15, 0.2) is 66.7 Å². The number of para-hydroxylation sites is 2. The summed E-state index contributed by atoms with van der Waals surface area (Å²) in [6, 6.07) is 20.5. The van der Waals surface area contributed by atoms with Crippen LogP contribution in [-0.2, 0) is 29.2 Å². The van der Waals surface area contributed by atoms with E-state index >= 15 is 0 Å². The van der Waals surface area contributed by atoms with Gasteiger partial charge in [-0.05, 0) is 48.4 Å². The highest BCUT2D eigenvalue weighted by Gasteiger charge is 2.21. The number of nitrogens with one attached hydrogen (secondary N) is 1. The van der Waals surface area contributed by atoms with Gasteiger partial charge in [-0.1, -0.05) is 48.0 Å². The Kier molecular flexibility index (Phi) is 6.77. The first-order chi connectivity index (χ1) is 17.5. The van der Waals surface area contributed by atoms with E-state index in [1.54, 1.807) is 6.07 Å². The number of amides is 2. The predicted molar refractivity (Wildman–Crippen MR) is 136 cm³/mol. The van der Waals surface area contributed by atoms with Crippen molar-refractivity contribution in [2.45, 2.75) is 26.6 Å². The molecule has 5 rings (SSSR count). The lowest BCUT2D eigenvalue weighted by atomic mass is 10.2. The fraction of sp³-hybridized carbons (Fsp3) is 0.222. The zero-order chi connectivity index (χ0) is 25.1. The van der Waals surface area contributed by atoms with E-state index in [4.69, 9.17) is 21.1 Å². The third-order valence-electron chi connectivity index (χ3n) is 6.07. The van der Waals surface area contributed by atoms with Crippen LogP contribution in [0.1, 0.15) is 17.0 Å². The Labute approximate surface area is 213 Å². The summed E-state index contributed by atoms with van der Waals surface area (Å²) in [5.41, 5.74) is 3.33. The molecule has 3 aromatic carbocycles. The van der Waals surface area contributed by atoms with E-state index in [1.807, 2.05) is 72.2 Å². The number of fused-ring (bicyclic) bond motifs is 2. The molecule has 0 bridgehead atoms. The third-order valence-corrected chi connectivity index (χ3v) is 6.44. The van der Waals surface area contributed by atoms with E-state index in [2.05, 4.69) is 10.3 Å². The molecule has 0 spiro atoms. The summed E-state index contributed by atoms with van der Waals surface area (Å²) in [6.45, 7) is 2.52. The first-order valence-electron chi connectivity index (χ1n) is 11.6. The standard InChI is InChI=1S/C27H25ClN4O4/c1-18-30-22-8-4-5-9-23(22)32(18)16-27(34)31(14-20-6-2-3-7-21(20)28)15-26(33)29-13-19-10-11-24-25(12-19)36-17-35-24/h2-12H,13-17H2,1H3,(H,29,33). The molecular formula is C27H25ClN4O4. The number of aromatic nitrogens is 2. The van der Waals surface area contributed by atoms with Gasteiger partial charge in [0.2, 0.25) is 18.6 Å². The van der Waals surface area contributed by atoms with Crippen molar-refractivity contribution in [3.63, 3.8) is 0 Å². The zero-order valence-electron chi connectivity index (χ0n) is 19.7. The second-order valence-electron chi connectivity index (χ2n) is 8.54. The highest BCUT2D eigenvalue weighted by molar-refractivity contribution is 6.31. The van der Waals surface area contributed by atoms with E-state index in [-0.39, 0.29) is 38.2 Å². The summed E-state index contributed by atoms with van der Waals surface area (Å²) >= 11 is 6.37. The van der Waals surface area contributed by atoms with Gasteiger partial charge in [-0.2, -0.15) is 0 Å². The van der Waals surface area contributed by atoms with Gasteiger partial charge >= 0.3 is 0 Å².